The number of carbonyl (C=O) groups is 4. The maximum Gasteiger partial charge on any atom is 0.410 e. The first-order valence-electron chi connectivity index (χ1n) is 14.8. The minimum Gasteiger partial charge on any atom is -0.480 e. The second kappa shape index (κ2) is 16.3. The van der Waals surface area contributed by atoms with Crippen molar-refractivity contribution < 1.29 is 29.0 Å². The van der Waals surface area contributed by atoms with Crippen LogP contribution in [0.5, 0.6) is 0 Å². The average molecular weight is 613 g/mol. The molecule has 234 valence electrons. The minimum absolute atomic E-state index is 0.0156. The van der Waals surface area contributed by atoms with E-state index in [4.69, 9.17) is 10.5 Å². The van der Waals surface area contributed by atoms with Gasteiger partial charge >= 0.3 is 12.1 Å². The first kappa shape index (κ1) is 33.9. The summed E-state index contributed by atoms with van der Waals surface area (Å²) in [5.41, 5.74) is 8.81. The number of nitrogens with one attached hydrogen (secondary N) is 1. The lowest BCUT2D eigenvalue weighted by atomic mass is 9.91. The number of nitrogens with zero attached hydrogens (tertiary/aromatic N) is 2. The van der Waals surface area contributed by atoms with Crippen LogP contribution < -0.4 is 11.1 Å². The molecule has 0 unspecified atom stereocenters. The van der Waals surface area contributed by atoms with Gasteiger partial charge in [0.25, 0.3) is 0 Å². The lowest BCUT2D eigenvalue weighted by Gasteiger charge is -2.42. The number of carboxylic acids is 1. The number of unbranched alkanes of at least 4 members (excludes halogenated alkanes) is 1. The normalized spacial score (nSPS) is 16.5. The third kappa shape index (κ3) is 9.21. The number of thiol groups is 1. The molecule has 0 saturated carbocycles. The SMILES string of the molecule is CCCC[C@H](NC(=O)[C@@H]1Cc2ccccc2CN1C(=O)[C@H](C(C)C)N(C[C@@H](N)CS)C(=O)OCc1ccccc1)C(=O)O. The molecular formula is C32H44N4O6S. The van der Waals surface area contributed by atoms with Crippen molar-refractivity contribution >= 4 is 36.5 Å². The molecule has 2 aromatic rings. The summed E-state index contributed by atoms with van der Waals surface area (Å²) in [5.74, 6) is -2.19. The summed E-state index contributed by atoms with van der Waals surface area (Å²) in [6.07, 6.45) is 1.21. The van der Waals surface area contributed by atoms with Crippen LogP contribution in [0.4, 0.5) is 4.79 Å². The second-order valence-corrected chi connectivity index (χ2v) is 11.7. The molecule has 1 aliphatic heterocycles. The topological polar surface area (TPSA) is 142 Å². The number of ether oxygens (including phenoxy) is 1. The van der Waals surface area contributed by atoms with Gasteiger partial charge in [-0.2, -0.15) is 12.6 Å². The zero-order valence-corrected chi connectivity index (χ0v) is 26.0. The number of benzene rings is 2. The van der Waals surface area contributed by atoms with E-state index in [1.54, 1.807) is 0 Å². The molecule has 0 spiro atoms. The van der Waals surface area contributed by atoms with E-state index >= 15 is 0 Å². The number of amides is 3. The molecule has 1 aliphatic rings. The van der Waals surface area contributed by atoms with Gasteiger partial charge in [-0.15, -0.1) is 0 Å². The summed E-state index contributed by atoms with van der Waals surface area (Å²) in [6.45, 7) is 5.76. The third-order valence-corrected chi connectivity index (χ3v) is 8.09. The fourth-order valence-corrected chi connectivity index (χ4v) is 5.40. The zero-order valence-electron chi connectivity index (χ0n) is 25.1. The van der Waals surface area contributed by atoms with Gasteiger partial charge in [-0.3, -0.25) is 14.5 Å². The van der Waals surface area contributed by atoms with Crippen molar-refractivity contribution in [3.05, 3.63) is 71.3 Å². The largest absolute Gasteiger partial charge is 0.480 e. The Bertz CT molecular complexity index is 1240. The molecular weight excluding hydrogens is 568 g/mol. The van der Waals surface area contributed by atoms with Crippen LogP contribution in [0.15, 0.2) is 54.6 Å². The van der Waals surface area contributed by atoms with Crippen LogP contribution in [0.25, 0.3) is 0 Å². The van der Waals surface area contributed by atoms with Gasteiger partial charge in [0.05, 0.1) is 0 Å². The first-order chi connectivity index (χ1) is 20.6. The van der Waals surface area contributed by atoms with Crippen molar-refractivity contribution in [2.75, 3.05) is 12.3 Å². The van der Waals surface area contributed by atoms with Crippen LogP contribution in [0.2, 0.25) is 0 Å². The van der Waals surface area contributed by atoms with E-state index in [-0.39, 0.29) is 44.2 Å². The number of nitrogens with two attached hydrogens (primary N) is 1. The number of rotatable bonds is 14. The van der Waals surface area contributed by atoms with Crippen LogP contribution in [0.3, 0.4) is 0 Å². The average Bonchev–Trinajstić information content (AvgIpc) is 3.00. The number of fused-ring (bicyclic) bond motifs is 1. The summed E-state index contributed by atoms with van der Waals surface area (Å²) in [6, 6.07) is 13.2. The molecule has 3 amide bonds. The molecule has 0 radical (unpaired) electrons. The van der Waals surface area contributed by atoms with Crippen molar-refractivity contribution in [2.24, 2.45) is 11.7 Å². The fourth-order valence-electron chi connectivity index (χ4n) is 5.28. The second-order valence-electron chi connectivity index (χ2n) is 11.3. The highest BCUT2D eigenvalue weighted by Gasteiger charge is 2.43. The summed E-state index contributed by atoms with van der Waals surface area (Å²) in [4.78, 5) is 56.4. The minimum atomic E-state index is -1.12. The molecule has 0 aliphatic carbocycles. The van der Waals surface area contributed by atoms with Gasteiger partial charge in [0.15, 0.2) is 0 Å². The molecule has 4 N–H and O–H groups in total. The zero-order chi connectivity index (χ0) is 31.5. The third-order valence-electron chi connectivity index (χ3n) is 7.62. The van der Waals surface area contributed by atoms with E-state index in [0.717, 1.165) is 23.1 Å². The van der Waals surface area contributed by atoms with Crippen LogP contribution in [-0.4, -0.2) is 75.2 Å². The van der Waals surface area contributed by atoms with E-state index in [1.807, 2.05) is 75.4 Å². The Morgan fingerprint density at radius 2 is 1.74 bits per heavy atom. The van der Waals surface area contributed by atoms with Crippen molar-refractivity contribution in [3.63, 3.8) is 0 Å². The first-order valence-corrected chi connectivity index (χ1v) is 15.4. The Balaban J connectivity index is 1.95. The molecule has 10 nitrogen and oxygen atoms in total. The van der Waals surface area contributed by atoms with E-state index in [9.17, 15) is 24.3 Å². The summed E-state index contributed by atoms with van der Waals surface area (Å²) < 4.78 is 5.64. The standard InChI is InChI=1S/C32H44N4O6S/c1-4-5-15-26(31(39)40)34-29(37)27-16-23-13-9-10-14-24(23)17-35(27)30(38)28(21(2)3)36(18-25(33)20-43)32(41)42-19-22-11-7-6-8-12-22/h6-14,21,25-28,43H,4-5,15-20,33H2,1-3H3,(H,34,37)(H,39,40)/t25-,26+,27+,28+/m1/s1. The van der Waals surface area contributed by atoms with Crippen LogP contribution >= 0.6 is 12.6 Å². The summed E-state index contributed by atoms with van der Waals surface area (Å²) in [5, 5.41) is 12.4. The van der Waals surface area contributed by atoms with E-state index < -0.39 is 48.0 Å². The highest BCUT2D eigenvalue weighted by molar-refractivity contribution is 7.80. The Morgan fingerprint density at radius 1 is 1.09 bits per heavy atom. The summed E-state index contributed by atoms with van der Waals surface area (Å²) >= 11 is 4.29. The van der Waals surface area contributed by atoms with Crippen LogP contribution in [-0.2, 0) is 38.7 Å². The van der Waals surface area contributed by atoms with Crippen molar-refractivity contribution in [1.82, 2.24) is 15.1 Å². The number of aliphatic carboxylic acids is 1. The predicted molar refractivity (Wildman–Crippen MR) is 167 cm³/mol. The van der Waals surface area contributed by atoms with Crippen molar-refractivity contribution in [3.8, 4) is 0 Å². The molecule has 0 fully saturated rings. The molecule has 3 rings (SSSR count). The summed E-state index contributed by atoms with van der Waals surface area (Å²) in [7, 11) is 0. The van der Waals surface area contributed by atoms with Crippen LogP contribution in [0.1, 0.15) is 56.7 Å². The Morgan fingerprint density at radius 3 is 2.35 bits per heavy atom. The fraction of sp³-hybridized carbons (Fsp3) is 0.500. The van der Waals surface area contributed by atoms with Crippen molar-refractivity contribution in [2.45, 2.75) is 83.8 Å². The predicted octanol–water partition coefficient (Wildman–Crippen LogP) is 3.62. The number of hydrogen-bond acceptors (Lipinski definition) is 7. The molecule has 0 aromatic heterocycles. The van der Waals surface area contributed by atoms with E-state index in [2.05, 4.69) is 17.9 Å². The monoisotopic (exact) mass is 612 g/mol. The lowest BCUT2D eigenvalue weighted by molar-refractivity contribution is -0.148. The van der Waals surface area contributed by atoms with Gasteiger partial charge in [-0.1, -0.05) is 88.2 Å². The molecule has 0 bridgehead atoms. The number of hydrogen-bond donors (Lipinski definition) is 4. The molecule has 2 aromatic carbocycles. The van der Waals surface area contributed by atoms with Gasteiger partial charge in [0, 0.05) is 31.3 Å². The number of carboxylic acid groups (broad SMARTS) is 1. The Hall–Kier alpha value is -3.57. The quantitative estimate of drug-likeness (QED) is 0.239. The molecule has 1 heterocycles. The Kier molecular flexibility index (Phi) is 12.9. The lowest BCUT2D eigenvalue weighted by Crippen LogP contribution is -2.61. The number of carbonyl (C=O) groups excluding carboxylic acids is 3. The molecule has 4 atom stereocenters. The highest BCUT2D eigenvalue weighted by atomic mass is 32.1. The maximum absolute atomic E-state index is 14.5. The smallest absolute Gasteiger partial charge is 0.410 e. The van der Waals surface area contributed by atoms with Gasteiger partial charge in [-0.25, -0.2) is 9.59 Å². The highest BCUT2D eigenvalue weighted by Crippen LogP contribution is 2.27. The maximum atomic E-state index is 14.5. The molecule has 0 saturated heterocycles. The Labute approximate surface area is 259 Å². The van der Waals surface area contributed by atoms with E-state index in [1.165, 1.54) is 9.80 Å². The van der Waals surface area contributed by atoms with E-state index in [0.29, 0.717) is 6.42 Å². The van der Waals surface area contributed by atoms with Gasteiger partial charge in [0.2, 0.25) is 11.8 Å². The van der Waals surface area contributed by atoms with Gasteiger partial charge in [0.1, 0.15) is 24.7 Å². The van der Waals surface area contributed by atoms with Gasteiger partial charge in [-0.05, 0) is 29.0 Å². The molecule has 11 heteroatoms. The van der Waals surface area contributed by atoms with Gasteiger partial charge < -0.3 is 25.8 Å². The van der Waals surface area contributed by atoms with Crippen molar-refractivity contribution in [1.29, 1.82) is 0 Å². The molecule has 43 heavy (non-hydrogen) atoms. The van der Waals surface area contributed by atoms with Crippen LogP contribution in [0, 0.1) is 5.92 Å².